The molecule has 1 fully saturated rings. The quantitative estimate of drug-likeness (QED) is 0.482. The van der Waals surface area contributed by atoms with E-state index >= 15 is 0 Å². The number of carbonyl (C=O) groups excluding carboxylic acids is 2. The summed E-state index contributed by atoms with van der Waals surface area (Å²) in [5.41, 5.74) is 2.75. The molecule has 4 unspecified atom stereocenters. The number of esters is 1. The third-order valence-corrected chi connectivity index (χ3v) is 4.92. The van der Waals surface area contributed by atoms with Crippen molar-refractivity contribution in [2.45, 2.75) is 65.6 Å². The van der Waals surface area contributed by atoms with Crippen LogP contribution in [0.3, 0.4) is 0 Å². The number of Topliss-reactive ketones (excluding diaryl/α,β-unsaturated/α-hetero) is 1. The molecule has 1 aliphatic heterocycles. The van der Waals surface area contributed by atoms with E-state index in [1.54, 1.807) is 13.0 Å². The van der Waals surface area contributed by atoms with E-state index < -0.39 is 6.10 Å². The topological polar surface area (TPSA) is 63.6 Å². The third kappa shape index (κ3) is 3.17. The van der Waals surface area contributed by atoms with Gasteiger partial charge in [-0.15, -0.1) is 0 Å². The first-order valence-electron chi connectivity index (χ1n) is 8.11. The second-order valence-electron chi connectivity index (χ2n) is 6.59. The Hall–Kier alpha value is -1.42. The van der Waals surface area contributed by atoms with Gasteiger partial charge in [-0.2, -0.15) is 0 Å². The predicted molar refractivity (Wildman–Crippen MR) is 84.1 cm³/mol. The molecule has 0 bridgehead atoms. The molecule has 0 aromatic carbocycles. The molecule has 4 heteroatoms. The monoisotopic (exact) mass is 306 g/mol. The summed E-state index contributed by atoms with van der Waals surface area (Å²) in [6.07, 6.45) is 3.85. The SMILES string of the molecule is CC=C1C(=O)OC2CC(C)=C(C(C)CCCC(C)=O)C(O)C12. The smallest absolute Gasteiger partial charge is 0.334 e. The van der Waals surface area contributed by atoms with Crippen molar-refractivity contribution in [2.75, 3.05) is 0 Å². The number of fused-ring (bicyclic) bond motifs is 1. The standard InChI is InChI=1S/C18H26O4/c1-5-13-16-14(22-18(13)21)9-11(3)15(17(16)20)10(2)7-6-8-12(4)19/h5,10,14,16-17,20H,6-9H2,1-4H3. The van der Waals surface area contributed by atoms with E-state index in [4.69, 9.17) is 4.74 Å². The van der Waals surface area contributed by atoms with Gasteiger partial charge < -0.3 is 14.6 Å². The van der Waals surface area contributed by atoms with E-state index in [9.17, 15) is 14.7 Å². The summed E-state index contributed by atoms with van der Waals surface area (Å²) in [5.74, 6) is -0.126. The number of hydrogen-bond donors (Lipinski definition) is 1. The Morgan fingerprint density at radius 1 is 1.50 bits per heavy atom. The van der Waals surface area contributed by atoms with Crippen LogP contribution in [-0.2, 0) is 14.3 Å². The second-order valence-corrected chi connectivity index (χ2v) is 6.59. The van der Waals surface area contributed by atoms with E-state index in [0.29, 0.717) is 18.4 Å². The zero-order chi connectivity index (χ0) is 16.4. The van der Waals surface area contributed by atoms with Gasteiger partial charge in [0.05, 0.1) is 12.0 Å². The van der Waals surface area contributed by atoms with Gasteiger partial charge in [0.1, 0.15) is 11.9 Å². The molecule has 0 aromatic rings. The molecule has 2 aliphatic rings. The van der Waals surface area contributed by atoms with Gasteiger partial charge >= 0.3 is 5.97 Å². The Labute approximate surface area is 132 Å². The molecule has 1 aliphatic carbocycles. The predicted octanol–water partition coefficient (Wildman–Crippen LogP) is 2.95. The van der Waals surface area contributed by atoms with E-state index in [-0.39, 0.29) is 29.7 Å². The minimum Gasteiger partial charge on any atom is -0.458 e. The maximum absolute atomic E-state index is 11.9. The highest BCUT2D eigenvalue weighted by Crippen LogP contribution is 2.44. The molecule has 0 radical (unpaired) electrons. The van der Waals surface area contributed by atoms with Crippen LogP contribution in [0.1, 0.15) is 53.4 Å². The fraction of sp³-hybridized carbons (Fsp3) is 0.667. The average Bonchev–Trinajstić information content (AvgIpc) is 2.73. The normalized spacial score (nSPS) is 31.2. The summed E-state index contributed by atoms with van der Waals surface area (Å²) in [6, 6.07) is 0. The molecular formula is C18H26O4. The van der Waals surface area contributed by atoms with Crippen LogP contribution >= 0.6 is 0 Å². The minimum absolute atomic E-state index is 0.202. The van der Waals surface area contributed by atoms with Crippen LogP contribution in [0.15, 0.2) is 22.8 Å². The molecule has 2 rings (SSSR count). The molecule has 1 saturated heterocycles. The molecule has 4 nitrogen and oxygen atoms in total. The zero-order valence-electron chi connectivity index (χ0n) is 13.9. The fourth-order valence-corrected chi connectivity index (χ4v) is 3.86. The lowest BCUT2D eigenvalue weighted by molar-refractivity contribution is -0.139. The maximum atomic E-state index is 11.9. The van der Waals surface area contributed by atoms with Crippen molar-refractivity contribution in [3.05, 3.63) is 22.8 Å². The number of hydrogen-bond acceptors (Lipinski definition) is 4. The molecule has 0 amide bonds. The molecule has 22 heavy (non-hydrogen) atoms. The van der Waals surface area contributed by atoms with Crippen molar-refractivity contribution >= 4 is 11.8 Å². The molecule has 0 saturated carbocycles. The van der Waals surface area contributed by atoms with Crippen LogP contribution in [0.2, 0.25) is 0 Å². The van der Waals surface area contributed by atoms with E-state index in [0.717, 1.165) is 24.0 Å². The minimum atomic E-state index is -0.663. The molecule has 122 valence electrons. The van der Waals surface area contributed by atoms with Crippen LogP contribution < -0.4 is 0 Å². The van der Waals surface area contributed by atoms with Gasteiger partial charge in [0.2, 0.25) is 0 Å². The summed E-state index contributed by atoms with van der Waals surface area (Å²) in [4.78, 5) is 23.0. The third-order valence-electron chi connectivity index (χ3n) is 4.92. The molecule has 1 heterocycles. The Balaban J connectivity index is 2.16. The fourth-order valence-electron chi connectivity index (χ4n) is 3.86. The molecule has 4 atom stereocenters. The lowest BCUT2D eigenvalue weighted by Gasteiger charge is -2.35. The molecule has 0 aromatic heterocycles. The second kappa shape index (κ2) is 6.78. The first-order valence-corrected chi connectivity index (χ1v) is 8.11. The van der Waals surface area contributed by atoms with Crippen molar-refractivity contribution in [3.63, 3.8) is 0 Å². The summed E-state index contributed by atoms with van der Waals surface area (Å²) in [5, 5.41) is 10.8. The van der Waals surface area contributed by atoms with Gasteiger partial charge in [-0.3, -0.25) is 0 Å². The Bertz CT molecular complexity index is 529. The Morgan fingerprint density at radius 3 is 2.77 bits per heavy atom. The van der Waals surface area contributed by atoms with E-state index in [1.165, 1.54) is 0 Å². The molecule has 1 N–H and O–H groups in total. The van der Waals surface area contributed by atoms with Gasteiger partial charge in [0.15, 0.2) is 0 Å². The van der Waals surface area contributed by atoms with Crippen LogP contribution in [-0.4, -0.2) is 29.1 Å². The van der Waals surface area contributed by atoms with Crippen LogP contribution in [0, 0.1) is 11.8 Å². The Kier molecular flexibility index (Phi) is 5.22. The summed E-state index contributed by atoms with van der Waals surface area (Å²) in [7, 11) is 0. The number of aliphatic hydroxyl groups excluding tert-OH is 1. The number of carbonyl (C=O) groups is 2. The largest absolute Gasteiger partial charge is 0.458 e. The van der Waals surface area contributed by atoms with Gasteiger partial charge in [-0.25, -0.2) is 4.79 Å². The molecular weight excluding hydrogens is 280 g/mol. The number of ketones is 1. The van der Waals surface area contributed by atoms with Crippen molar-refractivity contribution in [1.29, 1.82) is 0 Å². The highest BCUT2D eigenvalue weighted by molar-refractivity contribution is 5.92. The number of rotatable bonds is 5. The lowest BCUT2D eigenvalue weighted by atomic mass is 9.73. The van der Waals surface area contributed by atoms with Crippen LogP contribution in [0.4, 0.5) is 0 Å². The van der Waals surface area contributed by atoms with Gasteiger partial charge in [-0.05, 0) is 45.1 Å². The number of aliphatic hydroxyl groups is 1. The van der Waals surface area contributed by atoms with Gasteiger partial charge in [-0.1, -0.05) is 18.6 Å². The first-order chi connectivity index (χ1) is 10.4. The van der Waals surface area contributed by atoms with E-state index in [1.807, 2.05) is 13.8 Å². The lowest BCUT2D eigenvalue weighted by Crippen LogP contribution is -2.37. The Morgan fingerprint density at radius 2 is 2.18 bits per heavy atom. The summed E-state index contributed by atoms with van der Waals surface area (Å²) in [6.45, 7) is 7.52. The van der Waals surface area contributed by atoms with Crippen molar-refractivity contribution in [3.8, 4) is 0 Å². The number of ether oxygens (including phenoxy) is 1. The van der Waals surface area contributed by atoms with Crippen molar-refractivity contribution < 1.29 is 19.4 Å². The highest BCUT2D eigenvalue weighted by atomic mass is 16.6. The van der Waals surface area contributed by atoms with Gasteiger partial charge in [0.25, 0.3) is 0 Å². The zero-order valence-corrected chi connectivity index (χ0v) is 13.9. The maximum Gasteiger partial charge on any atom is 0.334 e. The van der Waals surface area contributed by atoms with Gasteiger partial charge in [0, 0.05) is 18.4 Å². The molecule has 0 spiro atoms. The van der Waals surface area contributed by atoms with Crippen molar-refractivity contribution in [1.82, 2.24) is 0 Å². The van der Waals surface area contributed by atoms with Crippen LogP contribution in [0.5, 0.6) is 0 Å². The number of allylic oxidation sites excluding steroid dienone is 1. The highest BCUT2D eigenvalue weighted by Gasteiger charge is 2.48. The first kappa shape index (κ1) is 16.9. The van der Waals surface area contributed by atoms with Crippen molar-refractivity contribution in [2.24, 2.45) is 11.8 Å². The van der Waals surface area contributed by atoms with E-state index in [2.05, 4.69) is 6.92 Å². The summed E-state index contributed by atoms with van der Waals surface area (Å²) < 4.78 is 5.40. The summed E-state index contributed by atoms with van der Waals surface area (Å²) >= 11 is 0. The average molecular weight is 306 g/mol. The van der Waals surface area contributed by atoms with Crippen LogP contribution in [0.25, 0.3) is 0 Å².